The molecule has 3 heterocycles. The second-order valence-corrected chi connectivity index (χ2v) is 5.45. The highest BCUT2D eigenvalue weighted by Crippen LogP contribution is 2.16. The van der Waals surface area contributed by atoms with Gasteiger partial charge in [-0.05, 0) is 25.8 Å². The van der Waals surface area contributed by atoms with Crippen molar-refractivity contribution in [2.75, 3.05) is 18.0 Å². The highest BCUT2D eigenvalue weighted by atomic mass is 16.4. The molecule has 1 fully saturated rings. The van der Waals surface area contributed by atoms with E-state index in [2.05, 4.69) is 25.2 Å². The van der Waals surface area contributed by atoms with E-state index in [4.69, 9.17) is 4.42 Å². The van der Waals surface area contributed by atoms with E-state index < -0.39 is 0 Å². The SMILES string of the molecule is Cc1nc(C)c(C(=O)N[C@@H]2CCCN(c3ncccn3)C2)o1. The van der Waals surface area contributed by atoms with Crippen molar-refractivity contribution in [1.82, 2.24) is 20.3 Å². The van der Waals surface area contributed by atoms with Gasteiger partial charge in [-0.3, -0.25) is 4.79 Å². The monoisotopic (exact) mass is 301 g/mol. The van der Waals surface area contributed by atoms with Gasteiger partial charge in [-0.25, -0.2) is 15.0 Å². The van der Waals surface area contributed by atoms with Crippen LogP contribution in [0.2, 0.25) is 0 Å². The summed E-state index contributed by atoms with van der Waals surface area (Å²) in [6.07, 6.45) is 5.37. The first-order chi connectivity index (χ1) is 10.6. The van der Waals surface area contributed by atoms with Gasteiger partial charge in [-0.15, -0.1) is 0 Å². The van der Waals surface area contributed by atoms with Gasteiger partial charge in [0.15, 0.2) is 5.89 Å². The van der Waals surface area contributed by atoms with Crippen molar-refractivity contribution in [3.63, 3.8) is 0 Å². The number of hydrogen-bond acceptors (Lipinski definition) is 6. The van der Waals surface area contributed by atoms with Gasteiger partial charge in [-0.1, -0.05) is 0 Å². The van der Waals surface area contributed by atoms with E-state index in [1.165, 1.54) is 0 Å². The fraction of sp³-hybridized carbons (Fsp3) is 0.467. The van der Waals surface area contributed by atoms with Gasteiger partial charge in [0.25, 0.3) is 5.91 Å². The molecule has 1 saturated heterocycles. The summed E-state index contributed by atoms with van der Waals surface area (Å²) in [5, 5.41) is 3.02. The summed E-state index contributed by atoms with van der Waals surface area (Å²) in [4.78, 5) is 27.0. The van der Waals surface area contributed by atoms with Crippen LogP contribution in [0.25, 0.3) is 0 Å². The minimum atomic E-state index is -0.209. The Labute approximate surface area is 128 Å². The summed E-state index contributed by atoms with van der Waals surface area (Å²) in [5.74, 6) is 1.29. The van der Waals surface area contributed by atoms with Gasteiger partial charge >= 0.3 is 0 Å². The molecule has 1 aliphatic rings. The van der Waals surface area contributed by atoms with Crippen LogP contribution in [0, 0.1) is 13.8 Å². The van der Waals surface area contributed by atoms with Gasteiger partial charge in [-0.2, -0.15) is 0 Å². The third-order valence-electron chi connectivity index (χ3n) is 3.70. The standard InChI is InChI=1S/C15H19N5O2/c1-10-13(22-11(2)18-10)14(21)19-12-5-3-8-20(9-12)15-16-6-4-7-17-15/h4,6-7,12H,3,5,8-9H2,1-2H3,(H,19,21)/t12-/m1/s1. The van der Waals surface area contributed by atoms with Crippen molar-refractivity contribution in [2.24, 2.45) is 0 Å². The van der Waals surface area contributed by atoms with Gasteiger partial charge in [0.1, 0.15) is 0 Å². The molecule has 0 aliphatic carbocycles. The molecule has 0 spiro atoms. The summed E-state index contributed by atoms with van der Waals surface area (Å²) in [6.45, 7) is 5.11. The Morgan fingerprint density at radius 1 is 1.36 bits per heavy atom. The maximum absolute atomic E-state index is 12.3. The maximum Gasteiger partial charge on any atom is 0.289 e. The number of carbonyl (C=O) groups is 1. The number of anilines is 1. The van der Waals surface area contributed by atoms with E-state index in [0.29, 0.717) is 29.8 Å². The molecule has 1 aliphatic heterocycles. The Morgan fingerprint density at radius 2 is 2.14 bits per heavy atom. The van der Waals surface area contributed by atoms with Crippen molar-refractivity contribution in [3.05, 3.63) is 35.8 Å². The number of nitrogens with one attached hydrogen (secondary N) is 1. The van der Waals surface area contributed by atoms with Crippen LogP contribution in [0.3, 0.4) is 0 Å². The molecule has 1 amide bonds. The van der Waals surface area contributed by atoms with E-state index in [0.717, 1.165) is 19.4 Å². The Kier molecular flexibility index (Phi) is 4.04. The summed E-state index contributed by atoms with van der Waals surface area (Å²) < 4.78 is 5.37. The molecule has 7 nitrogen and oxygen atoms in total. The summed E-state index contributed by atoms with van der Waals surface area (Å²) in [6, 6.07) is 1.84. The van der Waals surface area contributed by atoms with E-state index in [-0.39, 0.29) is 11.9 Å². The molecule has 1 N–H and O–H groups in total. The molecule has 0 saturated carbocycles. The van der Waals surface area contributed by atoms with Crippen LogP contribution in [-0.2, 0) is 0 Å². The number of amides is 1. The minimum Gasteiger partial charge on any atom is -0.436 e. The Hall–Kier alpha value is -2.44. The number of carbonyl (C=O) groups excluding carboxylic acids is 1. The molecule has 0 aromatic carbocycles. The van der Waals surface area contributed by atoms with Crippen LogP contribution in [-0.4, -0.2) is 40.0 Å². The molecular formula is C15H19N5O2. The molecule has 116 valence electrons. The third-order valence-corrected chi connectivity index (χ3v) is 3.70. The Bertz CT molecular complexity index is 655. The molecule has 22 heavy (non-hydrogen) atoms. The fourth-order valence-electron chi connectivity index (χ4n) is 2.72. The molecule has 0 unspecified atom stereocenters. The first kappa shape index (κ1) is 14.5. The highest BCUT2D eigenvalue weighted by molar-refractivity contribution is 5.92. The maximum atomic E-state index is 12.3. The molecule has 3 rings (SSSR count). The van der Waals surface area contributed by atoms with Crippen LogP contribution in [0.15, 0.2) is 22.9 Å². The number of rotatable bonds is 3. The fourth-order valence-corrected chi connectivity index (χ4v) is 2.72. The zero-order chi connectivity index (χ0) is 15.5. The van der Waals surface area contributed by atoms with Crippen molar-refractivity contribution >= 4 is 11.9 Å². The van der Waals surface area contributed by atoms with Crippen molar-refractivity contribution in [2.45, 2.75) is 32.7 Å². The van der Waals surface area contributed by atoms with Crippen molar-refractivity contribution < 1.29 is 9.21 Å². The normalized spacial score (nSPS) is 18.3. The van der Waals surface area contributed by atoms with E-state index >= 15 is 0 Å². The average molecular weight is 301 g/mol. The third kappa shape index (κ3) is 3.08. The van der Waals surface area contributed by atoms with Gasteiger partial charge in [0, 0.05) is 38.4 Å². The zero-order valence-electron chi connectivity index (χ0n) is 12.7. The number of aryl methyl sites for hydroxylation is 2. The van der Waals surface area contributed by atoms with Crippen LogP contribution >= 0.6 is 0 Å². The topological polar surface area (TPSA) is 84.2 Å². The second kappa shape index (κ2) is 6.13. The Balaban J connectivity index is 1.65. The predicted octanol–water partition coefficient (Wildman–Crippen LogP) is 1.48. The molecule has 2 aromatic rings. The van der Waals surface area contributed by atoms with Gasteiger partial charge in [0.05, 0.1) is 5.69 Å². The van der Waals surface area contributed by atoms with Crippen molar-refractivity contribution in [1.29, 1.82) is 0 Å². The lowest BCUT2D eigenvalue weighted by molar-refractivity contribution is 0.0902. The first-order valence-electron chi connectivity index (χ1n) is 7.40. The van der Waals surface area contributed by atoms with E-state index in [1.54, 1.807) is 32.3 Å². The van der Waals surface area contributed by atoms with Crippen LogP contribution in [0.5, 0.6) is 0 Å². The lowest BCUT2D eigenvalue weighted by Gasteiger charge is -2.32. The lowest BCUT2D eigenvalue weighted by Crippen LogP contribution is -2.48. The second-order valence-electron chi connectivity index (χ2n) is 5.45. The summed E-state index contributed by atoms with van der Waals surface area (Å²) in [5.41, 5.74) is 0.619. The van der Waals surface area contributed by atoms with Gasteiger partial charge < -0.3 is 14.6 Å². The Morgan fingerprint density at radius 3 is 2.82 bits per heavy atom. The number of aromatic nitrogens is 3. The number of hydrogen-bond donors (Lipinski definition) is 1. The van der Waals surface area contributed by atoms with Gasteiger partial charge in [0.2, 0.25) is 11.7 Å². The number of piperidine rings is 1. The quantitative estimate of drug-likeness (QED) is 0.924. The molecule has 1 atom stereocenters. The van der Waals surface area contributed by atoms with Crippen LogP contribution in [0.4, 0.5) is 5.95 Å². The molecule has 7 heteroatoms. The summed E-state index contributed by atoms with van der Waals surface area (Å²) in [7, 11) is 0. The molecular weight excluding hydrogens is 282 g/mol. The number of oxazole rings is 1. The first-order valence-corrected chi connectivity index (χ1v) is 7.40. The predicted molar refractivity (Wildman–Crippen MR) is 80.7 cm³/mol. The lowest BCUT2D eigenvalue weighted by atomic mass is 10.1. The highest BCUT2D eigenvalue weighted by Gasteiger charge is 2.25. The molecule has 0 radical (unpaired) electrons. The largest absolute Gasteiger partial charge is 0.436 e. The molecule has 0 bridgehead atoms. The van der Waals surface area contributed by atoms with Crippen LogP contribution < -0.4 is 10.2 Å². The number of nitrogens with zero attached hydrogens (tertiary/aromatic N) is 4. The van der Waals surface area contributed by atoms with Crippen molar-refractivity contribution in [3.8, 4) is 0 Å². The summed E-state index contributed by atoms with van der Waals surface area (Å²) >= 11 is 0. The van der Waals surface area contributed by atoms with E-state index in [1.807, 2.05) is 0 Å². The van der Waals surface area contributed by atoms with E-state index in [9.17, 15) is 4.79 Å². The smallest absolute Gasteiger partial charge is 0.289 e. The van der Waals surface area contributed by atoms with Crippen LogP contribution in [0.1, 0.15) is 35.0 Å². The zero-order valence-corrected chi connectivity index (χ0v) is 12.7. The average Bonchev–Trinajstić information content (AvgIpc) is 2.87. The minimum absolute atomic E-state index is 0.0508. The molecule has 2 aromatic heterocycles.